The van der Waals surface area contributed by atoms with Gasteiger partial charge in [0.1, 0.15) is 0 Å². The summed E-state index contributed by atoms with van der Waals surface area (Å²) in [5.74, 6) is 0. The lowest BCUT2D eigenvalue weighted by molar-refractivity contribution is 1.45. The zero-order valence-electron chi connectivity index (χ0n) is 20.1. The summed E-state index contributed by atoms with van der Waals surface area (Å²) in [6.45, 7) is 7.91. The van der Waals surface area contributed by atoms with Gasteiger partial charge in [0.15, 0.2) is 0 Å². The van der Waals surface area contributed by atoms with Crippen molar-refractivity contribution >= 4 is 17.7 Å². The molecule has 0 radical (unpaired) electrons. The smallest absolute Gasteiger partial charge is 0.0178 e. The van der Waals surface area contributed by atoms with E-state index < -0.39 is 0 Å². The van der Waals surface area contributed by atoms with Crippen LogP contribution in [0, 0.1) is 6.92 Å². The molecule has 0 saturated heterocycles. The molecule has 168 valence electrons. The topological polar surface area (TPSA) is 0 Å². The summed E-state index contributed by atoms with van der Waals surface area (Å²) >= 11 is 0. The highest BCUT2D eigenvalue weighted by Gasteiger charge is 1.97. The van der Waals surface area contributed by atoms with Crippen molar-refractivity contribution < 1.29 is 0 Å². The molecule has 0 aliphatic rings. The maximum atomic E-state index is 3.75. The van der Waals surface area contributed by atoms with E-state index in [1.165, 1.54) is 38.3 Å². The zero-order valence-corrected chi connectivity index (χ0v) is 20.1. The molecular formula is C34H32. The van der Waals surface area contributed by atoms with E-state index in [1.807, 2.05) is 25.1 Å². The van der Waals surface area contributed by atoms with Crippen molar-refractivity contribution in [2.24, 2.45) is 0 Å². The Balaban J connectivity index is 1.89. The van der Waals surface area contributed by atoms with Crippen LogP contribution in [0.1, 0.15) is 18.1 Å². The van der Waals surface area contributed by atoms with Gasteiger partial charge in [-0.2, -0.15) is 0 Å². The van der Waals surface area contributed by atoms with Crippen LogP contribution < -0.4 is 10.4 Å². The van der Waals surface area contributed by atoms with Crippen LogP contribution in [-0.2, 0) is 0 Å². The minimum atomic E-state index is 1.17. The second kappa shape index (κ2) is 13.4. The molecule has 0 spiro atoms. The van der Waals surface area contributed by atoms with Gasteiger partial charge in [-0.05, 0) is 52.6 Å². The number of hydrogen-bond acceptors (Lipinski definition) is 0. The van der Waals surface area contributed by atoms with Crippen molar-refractivity contribution in [3.63, 3.8) is 0 Å². The van der Waals surface area contributed by atoms with Gasteiger partial charge in [-0.15, -0.1) is 0 Å². The molecular weight excluding hydrogens is 408 g/mol. The van der Waals surface area contributed by atoms with Gasteiger partial charge >= 0.3 is 0 Å². The van der Waals surface area contributed by atoms with E-state index in [1.54, 1.807) is 6.08 Å². The molecule has 0 nitrogen and oxygen atoms in total. The van der Waals surface area contributed by atoms with Crippen LogP contribution in [0.25, 0.3) is 28.9 Å². The Labute approximate surface area is 204 Å². The molecule has 0 aliphatic heterocycles. The van der Waals surface area contributed by atoms with Gasteiger partial charge in [0.05, 0.1) is 0 Å². The summed E-state index contributed by atoms with van der Waals surface area (Å²) in [4.78, 5) is 0. The first-order valence-corrected chi connectivity index (χ1v) is 11.6. The van der Waals surface area contributed by atoms with Gasteiger partial charge in [0, 0.05) is 0 Å². The maximum Gasteiger partial charge on any atom is -0.0178 e. The van der Waals surface area contributed by atoms with Crippen molar-refractivity contribution in [2.75, 3.05) is 0 Å². The fourth-order valence-corrected chi connectivity index (χ4v) is 3.54. The molecule has 0 bridgehead atoms. The summed E-state index contributed by atoms with van der Waals surface area (Å²) in [5.41, 5.74) is 6.10. The molecule has 0 aliphatic carbocycles. The summed E-state index contributed by atoms with van der Waals surface area (Å²) in [6.07, 6.45) is 24.6. The monoisotopic (exact) mass is 440 g/mol. The van der Waals surface area contributed by atoms with Crippen molar-refractivity contribution in [3.8, 4) is 11.1 Å². The highest BCUT2D eigenvalue weighted by molar-refractivity contribution is 5.75. The Kier molecular flexibility index (Phi) is 9.65. The molecule has 3 aromatic rings. The highest BCUT2D eigenvalue weighted by Crippen LogP contribution is 2.17. The first-order valence-electron chi connectivity index (χ1n) is 11.6. The lowest BCUT2D eigenvalue weighted by Crippen LogP contribution is -2.23. The SMILES string of the molecule is C=C/C=C/C=c1\ccc(-c2ccc(C)cc2)c\c1=C\C=C\C=C/C=C(/C=C\C)c1ccccc1. The molecule has 0 aromatic heterocycles. The van der Waals surface area contributed by atoms with E-state index in [2.05, 4.69) is 135 Å². The second-order valence-electron chi connectivity index (χ2n) is 7.92. The molecule has 0 saturated carbocycles. The van der Waals surface area contributed by atoms with Crippen LogP contribution in [-0.4, -0.2) is 0 Å². The third-order valence-electron chi connectivity index (χ3n) is 5.33. The standard InChI is InChI=1S/C34H32/c1-4-6-10-16-31-25-26-34(32-23-21-28(3)22-24-32)27-33(31)20-12-8-7-11-17-29(15-5-2)30-18-13-9-14-19-30/h4-27H,1H2,2-3H3/b10-6+,11-7-,12-8+,15-5-,29-17-,31-16+,33-20-. The zero-order chi connectivity index (χ0) is 24.0. The molecule has 34 heavy (non-hydrogen) atoms. The fourth-order valence-electron chi connectivity index (χ4n) is 3.54. The fraction of sp³-hybridized carbons (Fsp3) is 0.0588. The van der Waals surface area contributed by atoms with Crippen molar-refractivity contribution in [2.45, 2.75) is 13.8 Å². The summed E-state index contributed by atoms with van der Waals surface area (Å²) in [5, 5.41) is 2.34. The van der Waals surface area contributed by atoms with Gasteiger partial charge in [-0.25, -0.2) is 0 Å². The summed E-state index contributed by atoms with van der Waals surface area (Å²) < 4.78 is 0. The number of allylic oxidation sites excluding steroid dienone is 11. The van der Waals surface area contributed by atoms with Gasteiger partial charge in [0.25, 0.3) is 0 Å². The van der Waals surface area contributed by atoms with Crippen LogP contribution >= 0.6 is 0 Å². The normalized spacial score (nSPS) is 13.8. The minimum Gasteiger partial charge on any atom is -0.0991 e. The third-order valence-corrected chi connectivity index (χ3v) is 5.33. The Hall–Kier alpha value is -4.16. The van der Waals surface area contributed by atoms with Crippen LogP contribution in [0.15, 0.2) is 140 Å². The first-order chi connectivity index (χ1) is 16.7. The van der Waals surface area contributed by atoms with Crippen LogP contribution in [0.2, 0.25) is 0 Å². The molecule has 0 amide bonds. The lowest BCUT2D eigenvalue weighted by atomic mass is 10.0. The van der Waals surface area contributed by atoms with E-state index in [0.717, 1.165) is 0 Å². The second-order valence-corrected chi connectivity index (χ2v) is 7.92. The predicted octanol–water partition coefficient (Wildman–Crippen LogP) is 7.74. The minimum absolute atomic E-state index is 1.17. The number of aryl methyl sites for hydroxylation is 1. The Morgan fingerprint density at radius 2 is 1.35 bits per heavy atom. The Morgan fingerprint density at radius 3 is 2.09 bits per heavy atom. The van der Waals surface area contributed by atoms with E-state index in [4.69, 9.17) is 0 Å². The average molecular weight is 441 g/mol. The molecule has 3 aromatic carbocycles. The highest BCUT2D eigenvalue weighted by atomic mass is 14.0. The Bertz CT molecular complexity index is 1340. The van der Waals surface area contributed by atoms with Crippen LogP contribution in [0.5, 0.6) is 0 Å². The lowest BCUT2D eigenvalue weighted by Gasteiger charge is -2.03. The summed E-state index contributed by atoms with van der Waals surface area (Å²) in [6, 6.07) is 25.7. The van der Waals surface area contributed by atoms with Crippen LogP contribution in [0.3, 0.4) is 0 Å². The molecule has 0 fully saturated rings. The van der Waals surface area contributed by atoms with Gasteiger partial charge in [0.2, 0.25) is 0 Å². The average Bonchev–Trinajstić information content (AvgIpc) is 2.87. The van der Waals surface area contributed by atoms with Crippen molar-refractivity contribution in [1.82, 2.24) is 0 Å². The van der Waals surface area contributed by atoms with Gasteiger partial charge < -0.3 is 0 Å². The molecule has 0 atom stereocenters. The van der Waals surface area contributed by atoms with E-state index >= 15 is 0 Å². The van der Waals surface area contributed by atoms with E-state index in [9.17, 15) is 0 Å². The molecule has 3 rings (SSSR count). The molecule has 0 N–H and O–H groups in total. The van der Waals surface area contributed by atoms with Crippen molar-refractivity contribution in [3.05, 3.63) is 162 Å². The summed E-state index contributed by atoms with van der Waals surface area (Å²) in [7, 11) is 0. The van der Waals surface area contributed by atoms with Gasteiger partial charge in [-0.3, -0.25) is 0 Å². The van der Waals surface area contributed by atoms with Gasteiger partial charge in [-0.1, -0.05) is 152 Å². The molecule has 0 heterocycles. The van der Waals surface area contributed by atoms with Crippen LogP contribution in [0.4, 0.5) is 0 Å². The van der Waals surface area contributed by atoms with Crippen molar-refractivity contribution in [1.29, 1.82) is 0 Å². The quantitative estimate of drug-likeness (QED) is 0.314. The Morgan fingerprint density at radius 1 is 0.676 bits per heavy atom. The number of hydrogen-bond donors (Lipinski definition) is 0. The third kappa shape index (κ3) is 7.46. The van der Waals surface area contributed by atoms with E-state index in [-0.39, 0.29) is 0 Å². The number of benzene rings is 3. The predicted molar refractivity (Wildman–Crippen MR) is 152 cm³/mol. The maximum absolute atomic E-state index is 3.75. The van der Waals surface area contributed by atoms with E-state index in [0.29, 0.717) is 0 Å². The molecule has 0 unspecified atom stereocenters. The largest absolute Gasteiger partial charge is 0.0991 e. The number of rotatable bonds is 8. The first kappa shape index (κ1) is 24.5. The molecule has 0 heteroatoms.